The zero-order chi connectivity index (χ0) is 24.4. The molecule has 2 heterocycles. The summed E-state index contributed by atoms with van der Waals surface area (Å²) in [5, 5.41) is 17.8. The van der Waals surface area contributed by atoms with E-state index in [1.807, 2.05) is 13.8 Å². The van der Waals surface area contributed by atoms with Crippen LogP contribution in [0.5, 0.6) is 5.88 Å². The molecule has 1 aromatic heterocycles. The molecule has 1 fully saturated rings. The van der Waals surface area contributed by atoms with Gasteiger partial charge in [0.25, 0.3) is 5.91 Å². The number of carboxylic acid groups (broad SMARTS) is 1. The summed E-state index contributed by atoms with van der Waals surface area (Å²) in [6.07, 6.45) is 2.69. The molecule has 1 N–H and O–H groups in total. The molecule has 1 aliphatic heterocycles. The highest BCUT2D eigenvalue weighted by molar-refractivity contribution is 6.02. The maximum atomic E-state index is 13.3. The highest BCUT2D eigenvalue weighted by atomic mass is 19.1. The number of nitrogens with zero attached hydrogens (tertiary/aromatic N) is 5. The van der Waals surface area contributed by atoms with Gasteiger partial charge in [-0.2, -0.15) is 15.3 Å². The first kappa shape index (κ1) is 25.4. The van der Waals surface area contributed by atoms with Crippen LogP contribution in [0, 0.1) is 11.7 Å². The Morgan fingerprint density at radius 1 is 1.27 bits per heavy atom. The van der Waals surface area contributed by atoms with Crippen LogP contribution >= 0.6 is 0 Å². The average molecular weight is 458 g/mol. The summed E-state index contributed by atoms with van der Waals surface area (Å²) in [4.78, 5) is 30.2. The van der Waals surface area contributed by atoms with Gasteiger partial charge < -0.3 is 14.7 Å². The number of anilines is 1. The van der Waals surface area contributed by atoms with E-state index in [1.54, 1.807) is 4.90 Å². The zero-order valence-electron chi connectivity index (χ0n) is 18.8. The fourth-order valence-corrected chi connectivity index (χ4v) is 3.42. The van der Waals surface area contributed by atoms with E-state index in [-0.39, 0.29) is 28.6 Å². The highest BCUT2D eigenvalue weighted by Gasteiger charge is 2.28. The number of amides is 1. The predicted octanol–water partition coefficient (Wildman–Crippen LogP) is 3.91. The Bertz CT molecular complexity index is 975. The molecule has 9 nitrogen and oxygen atoms in total. The summed E-state index contributed by atoms with van der Waals surface area (Å²) in [6.45, 7) is 12.1. The molecule has 0 saturated carbocycles. The third kappa shape index (κ3) is 6.58. The molecule has 1 saturated heterocycles. The Kier molecular flexibility index (Phi) is 9.46. The van der Waals surface area contributed by atoms with Gasteiger partial charge in [-0.05, 0) is 37.1 Å². The second-order valence-electron chi connectivity index (χ2n) is 6.99. The molecule has 1 atom stereocenters. The zero-order valence-corrected chi connectivity index (χ0v) is 18.8. The fourth-order valence-electron chi connectivity index (χ4n) is 3.42. The van der Waals surface area contributed by atoms with Crippen molar-refractivity contribution in [3.05, 3.63) is 53.5 Å². The Morgan fingerprint density at radius 3 is 2.61 bits per heavy atom. The molecule has 33 heavy (non-hydrogen) atoms. The molecule has 1 unspecified atom stereocenters. The molecule has 3 rings (SSSR count). The van der Waals surface area contributed by atoms with Crippen LogP contribution in [0.15, 0.2) is 46.7 Å². The van der Waals surface area contributed by atoms with Gasteiger partial charge in [0, 0.05) is 38.5 Å². The standard InChI is InChI=1S/C21H22FN5O4.C2H6/c1-23-27(24-2)18-7-5-15(21(29)30)10-17(18)20(28)26-9-3-4-14(12-26)13-31-19-8-6-16(22)11-25-19;1-2/h5-8,10-11,14H,1-4,9,12-13H2,(H,29,30);1-2H3. The van der Waals surface area contributed by atoms with Crippen molar-refractivity contribution in [2.45, 2.75) is 26.7 Å². The third-order valence-electron chi connectivity index (χ3n) is 4.93. The normalized spacial score (nSPS) is 15.0. The maximum absolute atomic E-state index is 13.3. The maximum Gasteiger partial charge on any atom is 0.335 e. The van der Waals surface area contributed by atoms with Gasteiger partial charge in [-0.3, -0.25) is 4.79 Å². The van der Waals surface area contributed by atoms with Crippen molar-refractivity contribution in [1.29, 1.82) is 0 Å². The number of hydrogen-bond donors (Lipinski definition) is 1. The molecule has 0 spiro atoms. The van der Waals surface area contributed by atoms with E-state index < -0.39 is 11.8 Å². The van der Waals surface area contributed by atoms with Gasteiger partial charge in [0.1, 0.15) is 5.82 Å². The molecular weight excluding hydrogens is 429 g/mol. The number of pyridine rings is 1. The summed E-state index contributed by atoms with van der Waals surface area (Å²) in [5.74, 6) is -1.59. The summed E-state index contributed by atoms with van der Waals surface area (Å²) in [5.41, 5.74) is 0.398. The number of benzene rings is 1. The van der Waals surface area contributed by atoms with Crippen LogP contribution in [-0.2, 0) is 0 Å². The number of aromatic nitrogens is 1. The van der Waals surface area contributed by atoms with E-state index in [2.05, 4.69) is 28.6 Å². The second kappa shape index (κ2) is 12.3. The van der Waals surface area contributed by atoms with E-state index in [0.717, 1.165) is 24.2 Å². The minimum Gasteiger partial charge on any atom is -0.478 e. The van der Waals surface area contributed by atoms with Gasteiger partial charge in [0.15, 0.2) is 0 Å². The van der Waals surface area contributed by atoms with Crippen LogP contribution in [0.4, 0.5) is 10.1 Å². The number of ether oxygens (including phenoxy) is 1. The van der Waals surface area contributed by atoms with E-state index in [9.17, 15) is 19.1 Å². The van der Waals surface area contributed by atoms with Crippen molar-refractivity contribution >= 4 is 31.0 Å². The number of hydrazone groups is 2. The fraction of sp³-hybridized carbons (Fsp3) is 0.348. The van der Waals surface area contributed by atoms with Gasteiger partial charge in [-0.25, -0.2) is 14.2 Å². The Labute approximate surface area is 192 Å². The lowest BCUT2D eigenvalue weighted by Gasteiger charge is -2.33. The van der Waals surface area contributed by atoms with Crippen LogP contribution in [0.3, 0.4) is 0 Å². The summed E-state index contributed by atoms with van der Waals surface area (Å²) < 4.78 is 18.6. The topological polar surface area (TPSA) is 108 Å². The number of likely N-dealkylation sites (tertiary alicyclic amines) is 1. The van der Waals surface area contributed by atoms with Crippen molar-refractivity contribution < 1.29 is 23.8 Å². The lowest BCUT2D eigenvalue weighted by atomic mass is 9.97. The average Bonchev–Trinajstić information content (AvgIpc) is 2.85. The lowest BCUT2D eigenvalue weighted by molar-refractivity contribution is 0.0631. The number of piperidine rings is 1. The number of rotatable bonds is 8. The molecule has 10 heteroatoms. The first-order valence-corrected chi connectivity index (χ1v) is 10.6. The van der Waals surface area contributed by atoms with Gasteiger partial charge >= 0.3 is 5.97 Å². The molecule has 2 aromatic rings. The van der Waals surface area contributed by atoms with Crippen molar-refractivity contribution in [2.24, 2.45) is 16.1 Å². The van der Waals surface area contributed by atoms with Gasteiger partial charge in [-0.15, -0.1) is 0 Å². The smallest absolute Gasteiger partial charge is 0.335 e. The van der Waals surface area contributed by atoms with Crippen molar-refractivity contribution in [1.82, 2.24) is 9.88 Å². The van der Waals surface area contributed by atoms with E-state index in [0.29, 0.717) is 25.6 Å². The number of carbonyl (C=O) groups is 2. The van der Waals surface area contributed by atoms with Gasteiger partial charge in [-0.1, -0.05) is 13.8 Å². The van der Waals surface area contributed by atoms with E-state index in [1.165, 1.54) is 30.3 Å². The first-order chi connectivity index (χ1) is 15.9. The van der Waals surface area contributed by atoms with Crippen LogP contribution in [-0.4, -0.2) is 60.0 Å². The SMILES string of the molecule is C=NN(N=C)c1ccc(C(=O)O)cc1C(=O)N1CCCC(COc2ccc(F)cn2)C1.CC. The van der Waals surface area contributed by atoms with Crippen molar-refractivity contribution in [3.8, 4) is 5.88 Å². The van der Waals surface area contributed by atoms with E-state index >= 15 is 0 Å². The number of halogens is 1. The monoisotopic (exact) mass is 457 g/mol. The number of carboxylic acids is 1. The number of aromatic carboxylic acids is 1. The Morgan fingerprint density at radius 2 is 2.00 bits per heavy atom. The quantitative estimate of drug-likeness (QED) is 0.476. The second-order valence-corrected chi connectivity index (χ2v) is 6.99. The minimum atomic E-state index is -1.15. The molecule has 0 bridgehead atoms. The summed E-state index contributed by atoms with van der Waals surface area (Å²) >= 11 is 0. The molecule has 1 aliphatic rings. The van der Waals surface area contributed by atoms with Crippen LogP contribution in [0.2, 0.25) is 0 Å². The number of carbonyl (C=O) groups excluding carboxylic acids is 1. The Balaban J connectivity index is 0.00000187. The third-order valence-corrected chi connectivity index (χ3v) is 4.93. The largest absolute Gasteiger partial charge is 0.478 e. The van der Waals surface area contributed by atoms with Crippen molar-refractivity contribution in [2.75, 3.05) is 24.8 Å². The molecule has 1 amide bonds. The van der Waals surface area contributed by atoms with Crippen LogP contribution in [0.25, 0.3) is 0 Å². The minimum absolute atomic E-state index is 0.0283. The van der Waals surface area contributed by atoms with Crippen molar-refractivity contribution in [3.63, 3.8) is 0 Å². The molecule has 0 radical (unpaired) electrons. The van der Waals surface area contributed by atoms with E-state index in [4.69, 9.17) is 4.74 Å². The molecule has 1 aromatic carbocycles. The van der Waals surface area contributed by atoms with Gasteiger partial charge in [0.05, 0.1) is 29.6 Å². The Hall–Kier alpha value is -3.82. The molecular formula is C23H28FN5O4. The summed E-state index contributed by atoms with van der Waals surface area (Å²) in [7, 11) is 0. The first-order valence-electron chi connectivity index (χ1n) is 10.6. The predicted molar refractivity (Wildman–Crippen MR) is 125 cm³/mol. The molecule has 0 aliphatic carbocycles. The van der Waals surface area contributed by atoms with Crippen LogP contribution < -0.4 is 9.85 Å². The lowest BCUT2D eigenvalue weighted by Crippen LogP contribution is -2.42. The van der Waals surface area contributed by atoms with Crippen LogP contribution in [0.1, 0.15) is 47.4 Å². The molecule has 176 valence electrons. The number of hydrogen-bond acceptors (Lipinski definition) is 7. The summed E-state index contributed by atoms with van der Waals surface area (Å²) in [6, 6.07) is 6.82. The highest BCUT2D eigenvalue weighted by Crippen LogP contribution is 2.27. The van der Waals surface area contributed by atoms with Gasteiger partial charge in [0.2, 0.25) is 5.88 Å².